The molecule has 0 N–H and O–H groups in total. The Morgan fingerprint density at radius 1 is 0.885 bits per heavy atom. The van der Waals surface area contributed by atoms with E-state index >= 15 is 0 Å². The fraction of sp³-hybridized carbons (Fsp3) is 0.190. The van der Waals surface area contributed by atoms with Crippen molar-refractivity contribution in [3.05, 3.63) is 78.1 Å². The number of anilines is 1. The molecule has 1 aliphatic rings. The molecule has 0 radical (unpaired) electrons. The van der Waals surface area contributed by atoms with E-state index in [0.717, 1.165) is 11.4 Å². The van der Waals surface area contributed by atoms with Crippen molar-refractivity contribution >= 4 is 17.5 Å². The number of benzene rings is 2. The van der Waals surface area contributed by atoms with Crippen LogP contribution in [0.5, 0.6) is 0 Å². The number of imide groups is 1. The maximum Gasteiger partial charge on any atom is 0.268 e. The van der Waals surface area contributed by atoms with Gasteiger partial charge in [-0.1, -0.05) is 50.2 Å². The van der Waals surface area contributed by atoms with E-state index in [1.807, 2.05) is 62.4 Å². The zero-order valence-electron chi connectivity index (χ0n) is 14.7. The lowest BCUT2D eigenvalue weighted by Crippen LogP contribution is -2.43. The number of para-hydroxylation sites is 2. The van der Waals surface area contributed by atoms with E-state index in [0.29, 0.717) is 17.7 Å². The number of fused-ring (bicyclic) bond motifs is 1. The first kappa shape index (κ1) is 16.3. The Balaban J connectivity index is 1.89. The van der Waals surface area contributed by atoms with Crippen LogP contribution >= 0.6 is 0 Å². The SMILES string of the molecule is CC1(C)Cc2c(cnn2-c2ccccc2)C(=O)N(c2ccccc2)C1=O. The van der Waals surface area contributed by atoms with Gasteiger partial charge in [-0.15, -0.1) is 0 Å². The van der Waals surface area contributed by atoms with Crippen LogP contribution in [0.3, 0.4) is 0 Å². The average molecular weight is 345 g/mol. The third-order valence-corrected chi connectivity index (χ3v) is 4.71. The molecule has 2 amide bonds. The Labute approximate surface area is 151 Å². The van der Waals surface area contributed by atoms with Crippen LogP contribution < -0.4 is 4.90 Å². The quantitative estimate of drug-likeness (QED) is 0.667. The molecule has 5 heteroatoms. The lowest BCUT2D eigenvalue weighted by Gasteiger charge is -2.27. The van der Waals surface area contributed by atoms with E-state index in [-0.39, 0.29) is 11.8 Å². The molecule has 3 aromatic rings. The van der Waals surface area contributed by atoms with Crippen molar-refractivity contribution < 1.29 is 9.59 Å². The Bertz CT molecular complexity index is 975. The van der Waals surface area contributed by atoms with E-state index in [9.17, 15) is 9.59 Å². The minimum Gasteiger partial charge on any atom is -0.273 e. The first-order chi connectivity index (χ1) is 12.5. The molecule has 2 aromatic carbocycles. The van der Waals surface area contributed by atoms with Gasteiger partial charge >= 0.3 is 0 Å². The number of aromatic nitrogens is 2. The van der Waals surface area contributed by atoms with Crippen LogP contribution in [0.25, 0.3) is 5.69 Å². The Morgan fingerprint density at radius 2 is 1.46 bits per heavy atom. The molecule has 2 heterocycles. The molecular weight excluding hydrogens is 326 g/mol. The maximum atomic E-state index is 13.2. The molecule has 0 spiro atoms. The van der Waals surface area contributed by atoms with Gasteiger partial charge in [0.05, 0.1) is 34.2 Å². The second kappa shape index (κ2) is 5.95. The van der Waals surface area contributed by atoms with Crippen molar-refractivity contribution in [2.24, 2.45) is 5.41 Å². The van der Waals surface area contributed by atoms with Crippen molar-refractivity contribution in [1.29, 1.82) is 0 Å². The summed E-state index contributed by atoms with van der Waals surface area (Å²) in [5, 5.41) is 4.44. The van der Waals surface area contributed by atoms with Crippen molar-refractivity contribution in [3.63, 3.8) is 0 Å². The minimum absolute atomic E-state index is 0.204. The molecular formula is C21H19N3O2. The molecule has 5 nitrogen and oxygen atoms in total. The number of hydrogen-bond donors (Lipinski definition) is 0. The van der Waals surface area contributed by atoms with Crippen molar-refractivity contribution in [2.75, 3.05) is 4.90 Å². The minimum atomic E-state index is -0.733. The Kier molecular flexibility index (Phi) is 3.72. The number of nitrogens with zero attached hydrogens (tertiary/aromatic N) is 3. The molecule has 26 heavy (non-hydrogen) atoms. The summed E-state index contributed by atoms with van der Waals surface area (Å²) in [5.41, 5.74) is 1.95. The number of rotatable bonds is 2. The zero-order valence-corrected chi connectivity index (χ0v) is 14.7. The van der Waals surface area contributed by atoms with Gasteiger partial charge in [0.25, 0.3) is 5.91 Å². The van der Waals surface area contributed by atoms with Crippen LogP contribution in [0.15, 0.2) is 66.9 Å². The van der Waals surface area contributed by atoms with Gasteiger partial charge in [-0.05, 0) is 24.3 Å². The van der Waals surface area contributed by atoms with Crippen molar-refractivity contribution in [3.8, 4) is 5.69 Å². The Morgan fingerprint density at radius 3 is 2.08 bits per heavy atom. The van der Waals surface area contributed by atoms with Crippen molar-refractivity contribution in [2.45, 2.75) is 20.3 Å². The average Bonchev–Trinajstić information content (AvgIpc) is 3.03. The third-order valence-electron chi connectivity index (χ3n) is 4.71. The Hall–Kier alpha value is -3.21. The molecule has 0 fully saturated rings. The van der Waals surface area contributed by atoms with Gasteiger partial charge in [0.2, 0.25) is 5.91 Å². The number of carbonyl (C=O) groups excluding carboxylic acids is 2. The first-order valence-electron chi connectivity index (χ1n) is 8.55. The van der Waals surface area contributed by atoms with Gasteiger partial charge in [-0.25, -0.2) is 9.58 Å². The normalized spacial score (nSPS) is 16.3. The van der Waals surface area contributed by atoms with Gasteiger partial charge < -0.3 is 0 Å². The molecule has 4 rings (SSSR count). The summed E-state index contributed by atoms with van der Waals surface area (Å²) in [6.45, 7) is 3.74. The highest BCUT2D eigenvalue weighted by atomic mass is 16.2. The molecule has 0 aliphatic carbocycles. The van der Waals surface area contributed by atoms with Gasteiger partial charge in [0.1, 0.15) is 0 Å². The first-order valence-corrected chi connectivity index (χ1v) is 8.55. The highest BCUT2D eigenvalue weighted by Gasteiger charge is 2.42. The topological polar surface area (TPSA) is 55.2 Å². The lowest BCUT2D eigenvalue weighted by molar-refractivity contribution is -0.125. The van der Waals surface area contributed by atoms with Crippen LogP contribution in [0.2, 0.25) is 0 Å². The van der Waals surface area contributed by atoms with Crippen LogP contribution in [0.1, 0.15) is 29.9 Å². The summed E-state index contributed by atoms with van der Waals surface area (Å²) in [5.74, 6) is -0.534. The van der Waals surface area contributed by atoms with E-state index in [1.54, 1.807) is 23.0 Å². The summed E-state index contributed by atoms with van der Waals surface area (Å²) in [6.07, 6.45) is 2.00. The highest BCUT2D eigenvalue weighted by Crippen LogP contribution is 2.34. The van der Waals surface area contributed by atoms with Crippen molar-refractivity contribution in [1.82, 2.24) is 9.78 Å². The fourth-order valence-electron chi connectivity index (χ4n) is 3.34. The van der Waals surface area contributed by atoms with Crippen LogP contribution in [-0.2, 0) is 11.2 Å². The second-order valence-corrected chi connectivity index (χ2v) is 7.09. The van der Waals surface area contributed by atoms with E-state index in [2.05, 4.69) is 5.10 Å². The molecule has 0 atom stereocenters. The molecule has 130 valence electrons. The molecule has 1 aliphatic heterocycles. The smallest absolute Gasteiger partial charge is 0.268 e. The number of carbonyl (C=O) groups is 2. The number of hydrogen-bond acceptors (Lipinski definition) is 3. The molecule has 0 saturated heterocycles. The summed E-state index contributed by atoms with van der Waals surface area (Å²) >= 11 is 0. The van der Waals surface area contributed by atoms with Gasteiger partial charge in [-0.2, -0.15) is 5.10 Å². The summed E-state index contributed by atoms with van der Waals surface area (Å²) in [7, 11) is 0. The second-order valence-electron chi connectivity index (χ2n) is 7.09. The van der Waals surface area contributed by atoms with Crippen LogP contribution in [-0.4, -0.2) is 21.6 Å². The standard InChI is InChI=1S/C21H19N3O2/c1-21(2)13-18-17(14-22-24(18)16-11-7-4-8-12-16)19(25)23(20(21)26)15-9-5-3-6-10-15/h3-12,14H,13H2,1-2H3. The summed E-state index contributed by atoms with van der Waals surface area (Å²) in [4.78, 5) is 27.7. The van der Waals surface area contributed by atoms with Gasteiger partial charge in [-0.3, -0.25) is 9.59 Å². The van der Waals surface area contributed by atoms with E-state index in [4.69, 9.17) is 0 Å². The zero-order chi connectivity index (χ0) is 18.3. The highest BCUT2D eigenvalue weighted by molar-refractivity contribution is 6.23. The summed E-state index contributed by atoms with van der Waals surface area (Å²) < 4.78 is 1.76. The van der Waals surface area contributed by atoms with E-state index < -0.39 is 5.41 Å². The molecule has 0 unspecified atom stereocenters. The van der Waals surface area contributed by atoms with Gasteiger partial charge in [0, 0.05) is 6.42 Å². The van der Waals surface area contributed by atoms with Gasteiger partial charge in [0.15, 0.2) is 0 Å². The maximum absolute atomic E-state index is 13.2. The number of amides is 2. The molecule has 0 bridgehead atoms. The summed E-state index contributed by atoms with van der Waals surface area (Å²) in [6, 6.07) is 18.7. The predicted molar refractivity (Wildman–Crippen MR) is 99.3 cm³/mol. The fourth-order valence-corrected chi connectivity index (χ4v) is 3.34. The van der Waals surface area contributed by atoms with Crippen LogP contribution in [0, 0.1) is 5.41 Å². The molecule has 0 saturated carbocycles. The monoisotopic (exact) mass is 345 g/mol. The third kappa shape index (κ3) is 2.52. The van der Waals surface area contributed by atoms with E-state index in [1.165, 1.54) is 4.90 Å². The predicted octanol–water partition coefficient (Wildman–Crippen LogP) is 3.63. The lowest BCUT2D eigenvalue weighted by atomic mass is 9.86. The van der Waals surface area contributed by atoms with Crippen LogP contribution in [0.4, 0.5) is 5.69 Å². The molecule has 1 aromatic heterocycles. The largest absolute Gasteiger partial charge is 0.273 e.